The highest BCUT2D eigenvalue weighted by molar-refractivity contribution is 5.93. The van der Waals surface area contributed by atoms with Crippen molar-refractivity contribution in [2.45, 2.75) is 19.9 Å². The van der Waals surface area contributed by atoms with Gasteiger partial charge < -0.3 is 15.0 Å². The van der Waals surface area contributed by atoms with Gasteiger partial charge in [-0.15, -0.1) is 0 Å². The first kappa shape index (κ1) is 18.5. The average molecular weight is 340 g/mol. The van der Waals surface area contributed by atoms with Crippen molar-refractivity contribution in [2.75, 3.05) is 20.7 Å². The number of hydrogen-bond donors (Lipinski definition) is 1. The fourth-order valence-electron chi connectivity index (χ4n) is 2.34. The molecule has 2 aromatic rings. The minimum absolute atomic E-state index is 0.00169. The molecule has 5 heteroatoms. The van der Waals surface area contributed by atoms with Gasteiger partial charge in [0.2, 0.25) is 0 Å². The second-order valence-electron chi connectivity index (χ2n) is 5.81. The molecule has 132 valence electrons. The summed E-state index contributed by atoms with van der Waals surface area (Å²) in [6, 6.07) is 14.9. The zero-order chi connectivity index (χ0) is 18.2. The van der Waals surface area contributed by atoms with Crippen LogP contribution in [0.4, 0.5) is 0 Å². The molecule has 0 saturated carbocycles. The molecule has 0 unspecified atom stereocenters. The van der Waals surface area contributed by atoms with Gasteiger partial charge in [-0.1, -0.05) is 31.2 Å². The quantitative estimate of drug-likeness (QED) is 0.843. The van der Waals surface area contributed by atoms with E-state index in [1.165, 1.54) is 5.56 Å². The highest BCUT2D eigenvalue weighted by Crippen LogP contribution is 2.13. The van der Waals surface area contributed by atoms with Crippen molar-refractivity contribution < 1.29 is 14.3 Å². The third-order valence-corrected chi connectivity index (χ3v) is 3.98. The van der Waals surface area contributed by atoms with E-state index in [1.54, 1.807) is 31.1 Å². The van der Waals surface area contributed by atoms with E-state index in [-0.39, 0.29) is 18.4 Å². The lowest BCUT2D eigenvalue weighted by molar-refractivity contribution is -0.132. The Morgan fingerprint density at radius 1 is 1.00 bits per heavy atom. The van der Waals surface area contributed by atoms with Crippen molar-refractivity contribution in [1.82, 2.24) is 10.2 Å². The summed E-state index contributed by atoms with van der Waals surface area (Å²) in [5.41, 5.74) is 2.78. The van der Waals surface area contributed by atoms with Gasteiger partial charge in [-0.25, -0.2) is 0 Å². The summed E-state index contributed by atoms with van der Waals surface area (Å²) in [5, 5.41) is 2.58. The van der Waals surface area contributed by atoms with Crippen LogP contribution in [-0.4, -0.2) is 37.4 Å². The lowest BCUT2D eigenvalue weighted by Crippen LogP contribution is -2.31. The van der Waals surface area contributed by atoms with Crippen molar-refractivity contribution in [1.29, 1.82) is 0 Å². The molecule has 0 aliphatic carbocycles. The largest absolute Gasteiger partial charge is 0.484 e. The number of benzene rings is 2. The zero-order valence-corrected chi connectivity index (χ0v) is 14.9. The Balaban J connectivity index is 1.85. The minimum Gasteiger partial charge on any atom is -0.484 e. The number of nitrogens with zero attached hydrogens (tertiary/aromatic N) is 1. The second-order valence-corrected chi connectivity index (χ2v) is 5.81. The molecule has 0 radical (unpaired) electrons. The van der Waals surface area contributed by atoms with Gasteiger partial charge in [0.1, 0.15) is 5.75 Å². The topological polar surface area (TPSA) is 58.6 Å². The molecule has 1 N–H and O–H groups in total. The Labute approximate surface area is 148 Å². The highest BCUT2D eigenvalue weighted by Gasteiger charge is 2.11. The highest BCUT2D eigenvalue weighted by atomic mass is 16.5. The number of likely N-dealkylation sites (N-methyl/N-ethyl adjacent to an activating group) is 1. The van der Waals surface area contributed by atoms with Gasteiger partial charge in [0, 0.05) is 26.2 Å². The van der Waals surface area contributed by atoms with Crippen molar-refractivity contribution >= 4 is 11.8 Å². The molecule has 25 heavy (non-hydrogen) atoms. The molecular weight excluding hydrogens is 316 g/mol. The number of amides is 2. The van der Waals surface area contributed by atoms with Crippen LogP contribution < -0.4 is 10.1 Å². The number of nitrogens with one attached hydrogen (secondary N) is 1. The lowest BCUT2D eigenvalue weighted by Gasteiger charge is -2.18. The molecule has 0 aromatic heterocycles. The average Bonchev–Trinajstić information content (AvgIpc) is 2.66. The Hall–Kier alpha value is -2.82. The van der Waals surface area contributed by atoms with Crippen LogP contribution >= 0.6 is 0 Å². The Kier molecular flexibility index (Phi) is 6.57. The van der Waals surface area contributed by atoms with Crippen molar-refractivity contribution in [2.24, 2.45) is 0 Å². The van der Waals surface area contributed by atoms with Gasteiger partial charge >= 0.3 is 0 Å². The van der Waals surface area contributed by atoms with E-state index in [2.05, 4.69) is 12.2 Å². The second kappa shape index (κ2) is 8.87. The number of ether oxygens (including phenoxy) is 1. The summed E-state index contributed by atoms with van der Waals surface area (Å²) in [6.45, 7) is 2.55. The van der Waals surface area contributed by atoms with E-state index < -0.39 is 0 Å². The van der Waals surface area contributed by atoms with E-state index >= 15 is 0 Å². The number of carbonyl (C=O) groups is 2. The van der Waals surface area contributed by atoms with Gasteiger partial charge in [-0.3, -0.25) is 9.59 Å². The number of hydrogen-bond acceptors (Lipinski definition) is 3. The molecule has 0 saturated heterocycles. The van der Waals surface area contributed by atoms with Gasteiger partial charge in [-0.05, 0) is 41.8 Å². The van der Waals surface area contributed by atoms with Gasteiger partial charge in [0.05, 0.1) is 0 Å². The van der Waals surface area contributed by atoms with Crippen molar-refractivity contribution in [3.8, 4) is 5.75 Å². The molecule has 0 heterocycles. The summed E-state index contributed by atoms with van der Waals surface area (Å²) in [4.78, 5) is 25.3. The van der Waals surface area contributed by atoms with Gasteiger partial charge in [-0.2, -0.15) is 0 Å². The van der Waals surface area contributed by atoms with E-state index in [4.69, 9.17) is 4.74 Å². The SMILES string of the molecule is CCc1ccc(OCC(=O)N(C)Cc2ccc(C(=O)NC)cc2)cc1. The summed E-state index contributed by atoms with van der Waals surface area (Å²) < 4.78 is 5.55. The van der Waals surface area contributed by atoms with E-state index in [1.807, 2.05) is 36.4 Å². The van der Waals surface area contributed by atoms with Crippen LogP contribution in [0.25, 0.3) is 0 Å². The summed E-state index contributed by atoms with van der Waals surface area (Å²) >= 11 is 0. The molecule has 2 rings (SSSR count). The predicted octanol–water partition coefficient (Wildman–Crippen LogP) is 2.65. The summed E-state index contributed by atoms with van der Waals surface area (Å²) in [6.07, 6.45) is 0.973. The zero-order valence-electron chi connectivity index (χ0n) is 14.9. The fraction of sp³-hybridized carbons (Fsp3) is 0.300. The molecule has 0 aliphatic heterocycles. The van der Waals surface area contributed by atoms with Crippen LogP contribution in [0.3, 0.4) is 0 Å². The lowest BCUT2D eigenvalue weighted by atomic mass is 10.1. The van der Waals surface area contributed by atoms with E-state index in [0.29, 0.717) is 17.9 Å². The Morgan fingerprint density at radius 2 is 1.60 bits per heavy atom. The van der Waals surface area contributed by atoms with E-state index in [9.17, 15) is 9.59 Å². The van der Waals surface area contributed by atoms with E-state index in [0.717, 1.165) is 12.0 Å². The number of aryl methyl sites for hydroxylation is 1. The number of carbonyl (C=O) groups excluding carboxylic acids is 2. The van der Waals surface area contributed by atoms with Crippen LogP contribution in [0.5, 0.6) is 5.75 Å². The smallest absolute Gasteiger partial charge is 0.260 e. The molecule has 0 fully saturated rings. The standard InChI is InChI=1S/C20H24N2O3/c1-4-15-7-11-18(12-8-15)25-14-19(23)22(3)13-16-5-9-17(10-6-16)20(24)21-2/h5-12H,4,13-14H2,1-3H3,(H,21,24). The first-order valence-electron chi connectivity index (χ1n) is 8.30. The minimum atomic E-state index is -0.126. The molecule has 2 amide bonds. The van der Waals surface area contributed by atoms with Crippen molar-refractivity contribution in [3.63, 3.8) is 0 Å². The van der Waals surface area contributed by atoms with Crippen LogP contribution in [0.15, 0.2) is 48.5 Å². The third kappa shape index (κ3) is 5.35. The monoisotopic (exact) mass is 340 g/mol. The maximum atomic E-state index is 12.2. The maximum absolute atomic E-state index is 12.2. The molecule has 0 atom stereocenters. The van der Waals surface area contributed by atoms with Crippen molar-refractivity contribution in [3.05, 3.63) is 65.2 Å². The number of rotatable bonds is 7. The van der Waals surface area contributed by atoms with Gasteiger partial charge in [0.25, 0.3) is 11.8 Å². The Bertz CT molecular complexity index is 709. The maximum Gasteiger partial charge on any atom is 0.260 e. The van der Waals surface area contributed by atoms with Crippen LogP contribution in [0, 0.1) is 0 Å². The van der Waals surface area contributed by atoms with Crippen LogP contribution in [0.2, 0.25) is 0 Å². The molecule has 0 bridgehead atoms. The molecule has 5 nitrogen and oxygen atoms in total. The Morgan fingerprint density at radius 3 is 2.16 bits per heavy atom. The molecule has 0 spiro atoms. The first-order valence-corrected chi connectivity index (χ1v) is 8.30. The normalized spacial score (nSPS) is 10.2. The van der Waals surface area contributed by atoms with Crippen LogP contribution in [-0.2, 0) is 17.8 Å². The van der Waals surface area contributed by atoms with Gasteiger partial charge in [0.15, 0.2) is 6.61 Å². The molecule has 0 aliphatic rings. The predicted molar refractivity (Wildman–Crippen MR) is 97.6 cm³/mol. The molecular formula is C20H24N2O3. The fourth-order valence-corrected chi connectivity index (χ4v) is 2.34. The summed E-state index contributed by atoms with van der Waals surface area (Å²) in [7, 11) is 3.33. The summed E-state index contributed by atoms with van der Waals surface area (Å²) in [5.74, 6) is 0.460. The first-order chi connectivity index (χ1) is 12.0. The van der Waals surface area contributed by atoms with Crippen LogP contribution in [0.1, 0.15) is 28.4 Å². The molecule has 2 aromatic carbocycles. The third-order valence-electron chi connectivity index (χ3n) is 3.98.